The van der Waals surface area contributed by atoms with E-state index < -0.39 is 0 Å². The van der Waals surface area contributed by atoms with Crippen LogP contribution in [0.25, 0.3) is 0 Å². The number of rotatable bonds is 3. The van der Waals surface area contributed by atoms with E-state index in [2.05, 4.69) is 4.98 Å². The molecule has 0 aromatic carbocycles. The predicted molar refractivity (Wildman–Crippen MR) is 51.0 cm³/mol. The third kappa shape index (κ3) is 2.73. The number of carbonyl (C=O) groups is 1. The Labute approximate surface area is 82.9 Å². The first-order valence-corrected chi connectivity index (χ1v) is 4.26. The Kier molecular flexibility index (Phi) is 3.45. The molecular formula is C10H13NO3. The molecule has 1 heterocycles. The monoisotopic (exact) mass is 195 g/mol. The quantitative estimate of drug-likeness (QED) is 0.685. The molecule has 4 heteroatoms. The Morgan fingerprint density at radius 3 is 2.79 bits per heavy atom. The van der Waals surface area contributed by atoms with Crippen LogP contribution in [0, 0.1) is 6.92 Å². The fraction of sp³-hybridized carbons (Fsp3) is 0.400. The van der Waals surface area contributed by atoms with E-state index in [1.807, 2.05) is 13.0 Å². The number of carbonyl (C=O) groups excluding carboxylic acids is 1. The summed E-state index contributed by atoms with van der Waals surface area (Å²) < 4.78 is 9.87. The van der Waals surface area contributed by atoms with Crippen LogP contribution in [0.4, 0.5) is 0 Å². The molecule has 1 aromatic heterocycles. The molecule has 1 rings (SSSR count). The molecule has 0 aliphatic carbocycles. The number of pyridine rings is 1. The molecule has 0 radical (unpaired) electrons. The van der Waals surface area contributed by atoms with E-state index in [9.17, 15) is 4.79 Å². The van der Waals surface area contributed by atoms with Crippen molar-refractivity contribution < 1.29 is 14.3 Å². The van der Waals surface area contributed by atoms with Crippen molar-refractivity contribution in [2.24, 2.45) is 0 Å². The third-order valence-corrected chi connectivity index (χ3v) is 1.76. The van der Waals surface area contributed by atoms with Crippen molar-refractivity contribution in [1.82, 2.24) is 4.98 Å². The van der Waals surface area contributed by atoms with Crippen molar-refractivity contribution in [3.8, 4) is 5.75 Å². The van der Waals surface area contributed by atoms with Gasteiger partial charge in [0.1, 0.15) is 12.4 Å². The highest BCUT2D eigenvalue weighted by molar-refractivity contribution is 5.65. The van der Waals surface area contributed by atoms with Crippen molar-refractivity contribution in [1.29, 1.82) is 0 Å². The largest absolute Gasteiger partial charge is 0.495 e. The lowest BCUT2D eigenvalue weighted by atomic mass is 10.2. The van der Waals surface area contributed by atoms with E-state index in [0.29, 0.717) is 0 Å². The smallest absolute Gasteiger partial charge is 0.303 e. The van der Waals surface area contributed by atoms with E-state index in [1.54, 1.807) is 13.3 Å². The minimum atomic E-state index is -0.305. The van der Waals surface area contributed by atoms with Crippen LogP contribution in [-0.4, -0.2) is 18.1 Å². The van der Waals surface area contributed by atoms with Crippen molar-refractivity contribution in [3.05, 3.63) is 23.5 Å². The normalized spacial score (nSPS) is 9.64. The van der Waals surface area contributed by atoms with Gasteiger partial charge in [0, 0.05) is 6.92 Å². The maximum absolute atomic E-state index is 10.6. The van der Waals surface area contributed by atoms with Gasteiger partial charge in [0.2, 0.25) is 0 Å². The molecule has 0 unspecified atom stereocenters. The van der Waals surface area contributed by atoms with E-state index in [-0.39, 0.29) is 12.6 Å². The number of hydrogen-bond donors (Lipinski definition) is 0. The zero-order valence-electron chi connectivity index (χ0n) is 8.53. The number of aryl methyl sites for hydroxylation is 1. The van der Waals surface area contributed by atoms with Crippen LogP contribution >= 0.6 is 0 Å². The van der Waals surface area contributed by atoms with Crippen molar-refractivity contribution in [2.45, 2.75) is 20.5 Å². The lowest BCUT2D eigenvalue weighted by molar-refractivity contribution is -0.142. The van der Waals surface area contributed by atoms with Gasteiger partial charge in [0.05, 0.1) is 19.0 Å². The molecule has 0 N–H and O–H groups in total. The summed E-state index contributed by atoms with van der Waals surface area (Å²) in [6.07, 6.45) is 1.62. The summed E-state index contributed by atoms with van der Waals surface area (Å²) in [5, 5.41) is 0. The second-order valence-electron chi connectivity index (χ2n) is 2.93. The van der Waals surface area contributed by atoms with Gasteiger partial charge in [-0.05, 0) is 18.6 Å². The topological polar surface area (TPSA) is 48.4 Å². The molecule has 76 valence electrons. The Morgan fingerprint density at radius 2 is 2.29 bits per heavy atom. The van der Waals surface area contributed by atoms with Gasteiger partial charge in [-0.1, -0.05) is 0 Å². The number of methoxy groups -OCH3 is 1. The van der Waals surface area contributed by atoms with Gasteiger partial charge in [-0.25, -0.2) is 0 Å². The van der Waals surface area contributed by atoms with Gasteiger partial charge in [0.15, 0.2) is 0 Å². The average molecular weight is 195 g/mol. The predicted octanol–water partition coefficient (Wildman–Crippen LogP) is 1.46. The van der Waals surface area contributed by atoms with E-state index >= 15 is 0 Å². The summed E-state index contributed by atoms with van der Waals surface area (Å²) in [5.41, 5.74) is 1.70. The number of esters is 1. The summed E-state index contributed by atoms with van der Waals surface area (Å²) in [4.78, 5) is 14.6. The maximum atomic E-state index is 10.6. The number of nitrogens with zero attached hydrogens (tertiary/aromatic N) is 1. The van der Waals surface area contributed by atoms with Crippen molar-refractivity contribution in [2.75, 3.05) is 7.11 Å². The van der Waals surface area contributed by atoms with Crippen LogP contribution in [0.1, 0.15) is 18.2 Å². The van der Waals surface area contributed by atoms with E-state index in [4.69, 9.17) is 9.47 Å². The van der Waals surface area contributed by atoms with Gasteiger partial charge in [-0.2, -0.15) is 0 Å². The Bertz CT molecular complexity index is 336. The first-order chi connectivity index (χ1) is 6.63. The fourth-order valence-electron chi connectivity index (χ4n) is 1.07. The summed E-state index contributed by atoms with van der Waals surface area (Å²) in [5.74, 6) is 0.428. The summed E-state index contributed by atoms with van der Waals surface area (Å²) in [7, 11) is 1.59. The van der Waals surface area contributed by atoms with Gasteiger partial charge in [-0.3, -0.25) is 9.78 Å². The van der Waals surface area contributed by atoms with Gasteiger partial charge < -0.3 is 9.47 Å². The highest BCUT2D eigenvalue weighted by Crippen LogP contribution is 2.16. The average Bonchev–Trinajstić information content (AvgIpc) is 2.15. The van der Waals surface area contributed by atoms with Crippen LogP contribution in [0.5, 0.6) is 5.75 Å². The molecule has 0 spiro atoms. The SMILES string of the molecule is COc1cnc(COC(C)=O)cc1C. The summed E-state index contributed by atoms with van der Waals surface area (Å²) >= 11 is 0. The zero-order valence-corrected chi connectivity index (χ0v) is 8.53. The van der Waals surface area contributed by atoms with Crippen molar-refractivity contribution in [3.63, 3.8) is 0 Å². The van der Waals surface area contributed by atoms with Crippen LogP contribution in [0.15, 0.2) is 12.3 Å². The zero-order chi connectivity index (χ0) is 10.6. The second-order valence-corrected chi connectivity index (χ2v) is 2.93. The van der Waals surface area contributed by atoms with Crippen LogP contribution < -0.4 is 4.74 Å². The Morgan fingerprint density at radius 1 is 1.57 bits per heavy atom. The molecule has 0 bridgehead atoms. The number of hydrogen-bond acceptors (Lipinski definition) is 4. The first-order valence-electron chi connectivity index (χ1n) is 4.26. The molecular weight excluding hydrogens is 182 g/mol. The molecule has 1 aromatic rings. The number of aromatic nitrogens is 1. The molecule has 0 fully saturated rings. The van der Waals surface area contributed by atoms with E-state index in [1.165, 1.54) is 6.92 Å². The second kappa shape index (κ2) is 4.60. The standard InChI is InChI=1S/C10H13NO3/c1-7-4-9(6-14-8(2)12)11-5-10(7)13-3/h4-5H,6H2,1-3H3. The van der Waals surface area contributed by atoms with Crippen LogP contribution in [0.2, 0.25) is 0 Å². The molecule has 14 heavy (non-hydrogen) atoms. The summed E-state index contributed by atoms with van der Waals surface area (Å²) in [6, 6.07) is 1.84. The van der Waals surface area contributed by atoms with Gasteiger partial charge >= 0.3 is 5.97 Å². The van der Waals surface area contributed by atoms with Crippen LogP contribution in [-0.2, 0) is 16.1 Å². The summed E-state index contributed by atoms with van der Waals surface area (Å²) in [6.45, 7) is 3.49. The minimum absolute atomic E-state index is 0.208. The molecule has 0 atom stereocenters. The number of ether oxygens (including phenoxy) is 2. The molecule has 0 aliphatic heterocycles. The lowest BCUT2D eigenvalue weighted by Gasteiger charge is -2.06. The fourth-order valence-corrected chi connectivity index (χ4v) is 1.07. The minimum Gasteiger partial charge on any atom is -0.495 e. The molecule has 0 saturated heterocycles. The van der Waals surface area contributed by atoms with Gasteiger partial charge in [0.25, 0.3) is 0 Å². The Hall–Kier alpha value is -1.58. The highest BCUT2D eigenvalue weighted by atomic mass is 16.5. The third-order valence-electron chi connectivity index (χ3n) is 1.76. The molecule has 0 saturated carbocycles. The van der Waals surface area contributed by atoms with Gasteiger partial charge in [-0.15, -0.1) is 0 Å². The lowest BCUT2D eigenvalue weighted by Crippen LogP contribution is -2.01. The Balaban J connectivity index is 2.71. The maximum Gasteiger partial charge on any atom is 0.303 e. The van der Waals surface area contributed by atoms with E-state index in [0.717, 1.165) is 17.0 Å². The molecule has 0 amide bonds. The van der Waals surface area contributed by atoms with Crippen LogP contribution in [0.3, 0.4) is 0 Å². The first kappa shape index (κ1) is 10.5. The van der Waals surface area contributed by atoms with Crippen molar-refractivity contribution >= 4 is 5.97 Å². The highest BCUT2D eigenvalue weighted by Gasteiger charge is 2.02. The molecule has 0 aliphatic rings. The molecule has 4 nitrogen and oxygen atoms in total.